The van der Waals surface area contributed by atoms with Crippen LogP contribution >= 0.6 is 23.4 Å². The van der Waals surface area contributed by atoms with E-state index in [4.69, 9.17) is 11.6 Å². The quantitative estimate of drug-likeness (QED) is 0.871. The molecule has 2 amide bonds. The van der Waals surface area contributed by atoms with E-state index in [0.29, 0.717) is 5.02 Å². The van der Waals surface area contributed by atoms with Gasteiger partial charge in [-0.1, -0.05) is 35.5 Å². The van der Waals surface area contributed by atoms with Gasteiger partial charge in [-0.25, -0.2) is 0 Å². The van der Waals surface area contributed by atoms with Crippen LogP contribution in [0.4, 0.5) is 11.4 Å². The zero-order valence-electron chi connectivity index (χ0n) is 13.1. The first kappa shape index (κ1) is 16.8. The van der Waals surface area contributed by atoms with Crippen LogP contribution in [0.2, 0.25) is 5.02 Å². The number of hydrogen-bond acceptors (Lipinski definition) is 3. The number of amides is 2. The Morgan fingerprint density at radius 2 is 1.88 bits per heavy atom. The predicted octanol–water partition coefficient (Wildman–Crippen LogP) is 1.78. The Morgan fingerprint density at radius 1 is 1.12 bits per heavy atom. The number of nitrogens with two attached hydrogens (primary N) is 1. The molecule has 1 aliphatic heterocycles. The molecule has 124 valence electrons. The highest BCUT2D eigenvalue weighted by molar-refractivity contribution is 7.99. The molecule has 2 aromatic rings. The van der Waals surface area contributed by atoms with Gasteiger partial charge in [-0.3, -0.25) is 14.5 Å². The standard InChI is InChI=1S/C17H16ClN3O2S/c1-19-16(22)9-20-10-17(23)21-12-4-2-3-5-14(12)24-15-7-6-11(18)8-13(15)21/h2-8,20H,9-10H2,1H3,(H,19,22)/p+1. The smallest absolute Gasteiger partial charge is 0.286 e. The van der Waals surface area contributed by atoms with Crippen molar-refractivity contribution in [2.24, 2.45) is 0 Å². The molecule has 0 bridgehead atoms. The van der Waals surface area contributed by atoms with Gasteiger partial charge in [0, 0.05) is 21.9 Å². The molecule has 0 fully saturated rings. The van der Waals surface area contributed by atoms with Crippen molar-refractivity contribution in [2.45, 2.75) is 9.79 Å². The maximum atomic E-state index is 12.8. The lowest BCUT2D eigenvalue weighted by Gasteiger charge is -2.30. The normalized spacial score (nSPS) is 12.3. The molecule has 0 saturated carbocycles. The summed E-state index contributed by atoms with van der Waals surface area (Å²) in [5.41, 5.74) is 1.63. The minimum atomic E-state index is -0.110. The van der Waals surface area contributed by atoms with Crippen LogP contribution in [0.5, 0.6) is 0 Å². The molecule has 3 N–H and O–H groups in total. The maximum Gasteiger partial charge on any atom is 0.286 e. The van der Waals surface area contributed by atoms with Gasteiger partial charge in [-0.15, -0.1) is 0 Å². The lowest BCUT2D eigenvalue weighted by Crippen LogP contribution is -2.88. The Balaban J connectivity index is 1.90. The van der Waals surface area contributed by atoms with Gasteiger partial charge in [0.15, 0.2) is 13.1 Å². The van der Waals surface area contributed by atoms with Crippen molar-refractivity contribution in [2.75, 3.05) is 25.0 Å². The number of rotatable bonds is 4. The first-order valence-electron chi connectivity index (χ1n) is 7.52. The average molecular weight is 363 g/mol. The van der Waals surface area contributed by atoms with Crippen molar-refractivity contribution < 1.29 is 14.9 Å². The van der Waals surface area contributed by atoms with Crippen molar-refractivity contribution in [1.29, 1.82) is 0 Å². The summed E-state index contributed by atoms with van der Waals surface area (Å²) in [6.07, 6.45) is 0. The zero-order valence-corrected chi connectivity index (χ0v) is 14.7. The molecule has 7 heteroatoms. The highest BCUT2D eigenvalue weighted by Crippen LogP contribution is 2.48. The number of para-hydroxylation sites is 1. The Morgan fingerprint density at radius 3 is 2.67 bits per heavy atom. The van der Waals surface area contributed by atoms with E-state index >= 15 is 0 Å². The van der Waals surface area contributed by atoms with Crippen LogP contribution < -0.4 is 15.5 Å². The van der Waals surface area contributed by atoms with E-state index in [-0.39, 0.29) is 24.9 Å². The fraction of sp³-hybridized carbons (Fsp3) is 0.176. The molecule has 1 heterocycles. The van der Waals surface area contributed by atoms with Crippen LogP contribution in [0.1, 0.15) is 0 Å². The second-order valence-corrected chi connectivity index (χ2v) is 6.80. The number of likely N-dealkylation sites (N-methyl/N-ethyl adjacent to an activating group) is 1. The van der Waals surface area contributed by atoms with Crippen LogP contribution in [-0.4, -0.2) is 32.0 Å². The van der Waals surface area contributed by atoms with Crippen LogP contribution in [0, 0.1) is 0 Å². The Kier molecular flexibility index (Phi) is 5.08. The lowest BCUT2D eigenvalue weighted by atomic mass is 10.2. The molecule has 0 atom stereocenters. The second-order valence-electron chi connectivity index (χ2n) is 5.28. The Labute approximate surface area is 149 Å². The topological polar surface area (TPSA) is 66.0 Å². The summed E-state index contributed by atoms with van der Waals surface area (Å²) in [4.78, 5) is 27.8. The lowest BCUT2D eigenvalue weighted by molar-refractivity contribution is -0.632. The first-order valence-corrected chi connectivity index (χ1v) is 8.71. The third-order valence-electron chi connectivity index (χ3n) is 3.66. The first-order chi connectivity index (χ1) is 11.6. The molecule has 0 saturated heterocycles. The minimum absolute atomic E-state index is 0.0878. The second kappa shape index (κ2) is 7.25. The van der Waals surface area contributed by atoms with Crippen LogP contribution in [0.3, 0.4) is 0 Å². The summed E-state index contributed by atoms with van der Waals surface area (Å²) in [5, 5.41) is 4.82. The van der Waals surface area contributed by atoms with Gasteiger partial charge in [0.1, 0.15) is 0 Å². The fourth-order valence-corrected chi connectivity index (χ4v) is 3.72. The van der Waals surface area contributed by atoms with Gasteiger partial charge in [-0.05, 0) is 30.3 Å². The number of quaternary nitrogens is 1. The number of carbonyl (C=O) groups is 2. The third kappa shape index (κ3) is 3.40. The molecule has 2 aromatic carbocycles. The van der Waals surface area contributed by atoms with Crippen molar-refractivity contribution in [3.63, 3.8) is 0 Å². The third-order valence-corrected chi connectivity index (χ3v) is 5.03. The Hall–Kier alpha value is -2.02. The van der Waals surface area contributed by atoms with E-state index in [1.807, 2.05) is 36.4 Å². The van der Waals surface area contributed by atoms with Crippen LogP contribution in [0.25, 0.3) is 0 Å². The van der Waals surface area contributed by atoms with Gasteiger partial charge in [0.05, 0.1) is 11.4 Å². The SMILES string of the molecule is CNC(=O)C[NH2+]CC(=O)N1c2ccccc2Sc2ccc(Cl)cc21. The number of nitrogens with zero attached hydrogens (tertiary/aromatic N) is 1. The highest BCUT2D eigenvalue weighted by Gasteiger charge is 2.29. The Bertz CT molecular complexity index is 797. The van der Waals surface area contributed by atoms with E-state index in [9.17, 15) is 9.59 Å². The molecule has 0 aliphatic carbocycles. The summed E-state index contributed by atoms with van der Waals surface area (Å²) in [6.45, 7) is 0.396. The molecular weight excluding hydrogens is 346 g/mol. The molecule has 0 aromatic heterocycles. The minimum Gasteiger partial charge on any atom is -0.354 e. The number of hydrogen-bond donors (Lipinski definition) is 2. The molecule has 0 unspecified atom stereocenters. The van der Waals surface area contributed by atoms with Gasteiger partial charge in [0.25, 0.3) is 11.8 Å². The van der Waals surface area contributed by atoms with Gasteiger partial charge in [-0.2, -0.15) is 0 Å². The van der Waals surface area contributed by atoms with E-state index in [0.717, 1.165) is 21.2 Å². The molecule has 0 spiro atoms. The predicted molar refractivity (Wildman–Crippen MR) is 94.9 cm³/mol. The van der Waals surface area contributed by atoms with Crippen molar-refractivity contribution in [1.82, 2.24) is 5.32 Å². The summed E-state index contributed by atoms with van der Waals surface area (Å²) in [7, 11) is 1.58. The van der Waals surface area contributed by atoms with Crippen molar-refractivity contribution >= 4 is 46.6 Å². The van der Waals surface area contributed by atoms with Gasteiger partial charge < -0.3 is 10.6 Å². The molecule has 1 aliphatic rings. The van der Waals surface area contributed by atoms with E-state index in [1.165, 1.54) is 0 Å². The number of anilines is 2. The van der Waals surface area contributed by atoms with Gasteiger partial charge >= 0.3 is 0 Å². The number of benzene rings is 2. The molecule has 24 heavy (non-hydrogen) atoms. The van der Waals surface area contributed by atoms with Crippen molar-refractivity contribution in [3.8, 4) is 0 Å². The monoisotopic (exact) mass is 362 g/mol. The summed E-state index contributed by atoms with van der Waals surface area (Å²) < 4.78 is 0. The molecular formula is C17H17ClN3O2S+. The zero-order chi connectivity index (χ0) is 17.1. The number of fused-ring (bicyclic) bond motifs is 2. The van der Waals surface area contributed by atoms with E-state index < -0.39 is 0 Å². The molecule has 3 rings (SSSR count). The highest BCUT2D eigenvalue weighted by atomic mass is 35.5. The van der Waals surface area contributed by atoms with Crippen molar-refractivity contribution in [3.05, 3.63) is 47.5 Å². The fourth-order valence-electron chi connectivity index (χ4n) is 2.52. The average Bonchev–Trinajstić information content (AvgIpc) is 2.59. The largest absolute Gasteiger partial charge is 0.354 e. The number of nitrogens with one attached hydrogen (secondary N) is 1. The van der Waals surface area contributed by atoms with E-state index in [1.54, 1.807) is 35.1 Å². The number of halogens is 1. The molecule has 5 nitrogen and oxygen atoms in total. The van der Waals surface area contributed by atoms with E-state index in [2.05, 4.69) is 5.32 Å². The summed E-state index contributed by atoms with van der Waals surface area (Å²) in [6, 6.07) is 13.3. The van der Waals surface area contributed by atoms with Crippen LogP contribution in [0.15, 0.2) is 52.3 Å². The maximum absolute atomic E-state index is 12.8. The van der Waals surface area contributed by atoms with Gasteiger partial charge in [0.2, 0.25) is 0 Å². The van der Waals surface area contributed by atoms with Crippen LogP contribution in [-0.2, 0) is 9.59 Å². The summed E-state index contributed by atoms with van der Waals surface area (Å²) >= 11 is 7.75. The number of carbonyl (C=O) groups excluding carboxylic acids is 2. The summed E-state index contributed by atoms with van der Waals surface area (Å²) in [5.74, 6) is -0.198. The molecule has 0 radical (unpaired) electrons.